The van der Waals surface area contributed by atoms with Crippen molar-refractivity contribution in [3.63, 3.8) is 0 Å². The number of rotatable bonds is 10. The summed E-state index contributed by atoms with van der Waals surface area (Å²) in [4.78, 5) is 39.6. The number of hydrogen-bond donors (Lipinski definition) is 2. The number of nitro groups is 1. The van der Waals surface area contributed by atoms with E-state index >= 15 is 0 Å². The Balaban J connectivity index is 1.79. The standard InChI is InChI=1S/C25H33N5O4/c1-19(31)29-16-12-23(17-24(29)25(32)27-14-13-26)28(15-11-20-5-3-2-4-6-20)18-21-7-9-22(10-8-21)30(33)34/h2-10,23-24H,11-18,26H2,1H3,(H,27,32)/t23?,24-/m1/s1. The largest absolute Gasteiger partial charge is 0.353 e. The second kappa shape index (κ2) is 12.2. The molecule has 9 nitrogen and oxygen atoms in total. The van der Waals surface area contributed by atoms with Crippen LogP contribution in [-0.4, -0.2) is 64.8 Å². The van der Waals surface area contributed by atoms with E-state index in [4.69, 9.17) is 5.73 Å². The van der Waals surface area contributed by atoms with E-state index in [1.165, 1.54) is 24.6 Å². The van der Waals surface area contributed by atoms with E-state index in [-0.39, 0.29) is 23.5 Å². The maximum atomic E-state index is 12.8. The zero-order chi connectivity index (χ0) is 24.5. The Morgan fingerprint density at radius 2 is 1.85 bits per heavy atom. The maximum Gasteiger partial charge on any atom is 0.269 e. The molecule has 1 saturated heterocycles. The third-order valence-electron chi connectivity index (χ3n) is 6.31. The zero-order valence-corrected chi connectivity index (χ0v) is 19.6. The number of non-ortho nitro benzene ring substituents is 1. The number of nitrogens with one attached hydrogen (secondary N) is 1. The summed E-state index contributed by atoms with van der Waals surface area (Å²) in [6.45, 7) is 4.07. The third-order valence-corrected chi connectivity index (χ3v) is 6.31. The first-order valence-electron chi connectivity index (χ1n) is 11.7. The summed E-state index contributed by atoms with van der Waals surface area (Å²) in [5.74, 6) is -0.291. The van der Waals surface area contributed by atoms with Gasteiger partial charge in [-0.2, -0.15) is 0 Å². The quantitative estimate of drug-likeness (QED) is 0.408. The Morgan fingerprint density at radius 3 is 2.47 bits per heavy atom. The number of nitro benzene ring substituents is 1. The van der Waals surface area contributed by atoms with Crippen LogP contribution in [0.15, 0.2) is 54.6 Å². The van der Waals surface area contributed by atoms with E-state index in [0.29, 0.717) is 32.6 Å². The van der Waals surface area contributed by atoms with Crippen LogP contribution in [-0.2, 0) is 22.6 Å². The average molecular weight is 468 g/mol. The maximum absolute atomic E-state index is 12.8. The number of piperidine rings is 1. The Hall–Kier alpha value is -3.30. The lowest BCUT2D eigenvalue weighted by Crippen LogP contribution is -2.57. The van der Waals surface area contributed by atoms with E-state index in [2.05, 4.69) is 22.3 Å². The molecule has 3 N–H and O–H groups in total. The van der Waals surface area contributed by atoms with Crippen LogP contribution in [0.4, 0.5) is 5.69 Å². The van der Waals surface area contributed by atoms with E-state index < -0.39 is 11.0 Å². The van der Waals surface area contributed by atoms with E-state index in [9.17, 15) is 19.7 Å². The molecule has 3 rings (SSSR count). The third kappa shape index (κ3) is 6.85. The van der Waals surface area contributed by atoms with Crippen LogP contribution in [0.5, 0.6) is 0 Å². The number of amides is 2. The van der Waals surface area contributed by atoms with Crippen LogP contribution < -0.4 is 11.1 Å². The lowest BCUT2D eigenvalue weighted by molar-refractivity contribution is -0.384. The van der Waals surface area contributed by atoms with Gasteiger partial charge in [0.15, 0.2) is 0 Å². The van der Waals surface area contributed by atoms with Crippen molar-refractivity contribution in [2.45, 2.75) is 44.8 Å². The smallest absolute Gasteiger partial charge is 0.269 e. The van der Waals surface area contributed by atoms with Crippen LogP contribution in [0.2, 0.25) is 0 Å². The summed E-state index contributed by atoms with van der Waals surface area (Å²) in [5.41, 5.74) is 7.79. The van der Waals surface area contributed by atoms with Crippen molar-refractivity contribution < 1.29 is 14.5 Å². The van der Waals surface area contributed by atoms with E-state index in [1.54, 1.807) is 17.0 Å². The normalized spacial score (nSPS) is 18.0. The Labute approximate surface area is 200 Å². The molecule has 0 aliphatic carbocycles. The van der Waals surface area contributed by atoms with E-state index in [0.717, 1.165) is 24.9 Å². The van der Waals surface area contributed by atoms with Crippen molar-refractivity contribution in [2.75, 3.05) is 26.2 Å². The van der Waals surface area contributed by atoms with Crippen molar-refractivity contribution >= 4 is 17.5 Å². The molecule has 0 bridgehead atoms. The summed E-state index contributed by atoms with van der Waals surface area (Å²) >= 11 is 0. The average Bonchev–Trinajstić information content (AvgIpc) is 2.85. The second-order valence-electron chi connectivity index (χ2n) is 8.62. The second-order valence-corrected chi connectivity index (χ2v) is 8.62. The first-order valence-corrected chi connectivity index (χ1v) is 11.7. The van der Waals surface area contributed by atoms with Crippen molar-refractivity contribution in [1.82, 2.24) is 15.1 Å². The monoisotopic (exact) mass is 467 g/mol. The number of carbonyl (C=O) groups is 2. The SMILES string of the molecule is CC(=O)N1CCC(N(CCc2ccccc2)Cc2ccc([N+](=O)[O-])cc2)C[C@@H]1C(=O)NCCN. The molecule has 1 aliphatic heterocycles. The highest BCUT2D eigenvalue weighted by molar-refractivity contribution is 5.87. The van der Waals surface area contributed by atoms with Crippen LogP contribution in [0.3, 0.4) is 0 Å². The summed E-state index contributed by atoms with van der Waals surface area (Å²) in [6.07, 6.45) is 2.12. The molecule has 1 aliphatic rings. The molecule has 1 unspecified atom stereocenters. The summed E-state index contributed by atoms with van der Waals surface area (Å²) in [7, 11) is 0. The van der Waals surface area contributed by atoms with Gasteiger partial charge in [-0.25, -0.2) is 0 Å². The summed E-state index contributed by atoms with van der Waals surface area (Å²) < 4.78 is 0. The highest BCUT2D eigenvalue weighted by Gasteiger charge is 2.36. The van der Waals surface area contributed by atoms with Crippen molar-refractivity contribution in [3.05, 3.63) is 75.8 Å². The highest BCUT2D eigenvalue weighted by Crippen LogP contribution is 2.25. The van der Waals surface area contributed by atoms with Gasteiger partial charge in [0.25, 0.3) is 5.69 Å². The Bertz CT molecular complexity index is 967. The predicted octanol–water partition coefficient (Wildman–Crippen LogP) is 2.09. The predicted molar refractivity (Wildman–Crippen MR) is 130 cm³/mol. The van der Waals surface area contributed by atoms with Gasteiger partial charge in [0, 0.05) is 57.8 Å². The molecule has 0 radical (unpaired) electrons. The number of hydrogen-bond acceptors (Lipinski definition) is 6. The lowest BCUT2D eigenvalue weighted by Gasteiger charge is -2.42. The molecule has 1 fully saturated rings. The van der Waals surface area contributed by atoms with Crippen LogP contribution in [0, 0.1) is 10.1 Å². The van der Waals surface area contributed by atoms with Gasteiger partial charge in [0.2, 0.25) is 11.8 Å². The molecule has 2 aromatic carbocycles. The lowest BCUT2D eigenvalue weighted by atomic mass is 9.94. The number of likely N-dealkylation sites (tertiary alicyclic amines) is 1. The topological polar surface area (TPSA) is 122 Å². The van der Waals surface area contributed by atoms with Gasteiger partial charge in [-0.3, -0.25) is 24.6 Å². The van der Waals surface area contributed by atoms with Gasteiger partial charge >= 0.3 is 0 Å². The van der Waals surface area contributed by atoms with E-state index in [1.807, 2.05) is 18.2 Å². The molecule has 0 aromatic heterocycles. The fourth-order valence-corrected chi connectivity index (χ4v) is 4.48. The Morgan fingerprint density at radius 1 is 1.15 bits per heavy atom. The fraction of sp³-hybridized carbons (Fsp3) is 0.440. The van der Waals surface area contributed by atoms with Gasteiger partial charge in [0.05, 0.1) is 4.92 Å². The zero-order valence-electron chi connectivity index (χ0n) is 19.6. The van der Waals surface area contributed by atoms with Crippen LogP contribution in [0.1, 0.15) is 30.9 Å². The minimum absolute atomic E-state index is 0.0611. The van der Waals surface area contributed by atoms with Crippen molar-refractivity contribution in [2.24, 2.45) is 5.73 Å². The van der Waals surface area contributed by atoms with Gasteiger partial charge < -0.3 is 16.0 Å². The summed E-state index contributed by atoms with van der Waals surface area (Å²) in [5, 5.41) is 13.8. The molecular weight excluding hydrogens is 434 g/mol. The first kappa shape index (κ1) is 25.3. The molecule has 2 amide bonds. The number of carbonyl (C=O) groups excluding carboxylic acids is 2. The molecule has 182 valence electrons. The van der Waals surface area contributed by atoms with Gasteiger partial charge in [-0.1, -0.05) is 42.5 Å². The first-order chi connectivity index (χ1) is 16.4. The number of nitrogens with zero attached hydrogens (tertiary/aromatic N) is 3. The summed E-state index contributed by atoms with van der Waals surface area (Å²) in [6, 6.07) is 16.3. The van der Waals surface area contributed by atoms with Gasteiger partial charge in [-0.15, -0.1) is 0 Å². The minimum Gasteiger partial charge on any atom is -0.353 e. The van der Waals surface area contributed by atoms with Crippen molar-refractivity contribution in [3.8, 4) is 0 Å². The molecule has 2 aromatic rings. The molecule has 1 heterocycles. The minimum atomic E-state index is -0.543. The van der Waals surface area contributed by atoms with Crippen LogP contribution in [0.25, 0.3) is 0 Å². The van der Waals surface area contributed by atoms with Gasteiger partial charge in [0.1, 0.15) is 6.04 Å². The highest BCUT2D eigenvalue weighted by atomic mass is 16.6. The molecule has 34 heavy (non-hydrogen) atoms. The molecular formula is C25H33N5O4. The molecule has 0 saturated carbocycles. The Kier molecular flexibility index (Phi) is 9.12. The van der Waals surface area contributed by atoms with Crippen LogP contribution >= 0.6 is 0 Å². The number of benzene rings is 2. The number of nitrogens with two attached hydrogens (primary N) is 1. The van der Waals surface area contributed by atoms with Gasteiger partial charge in [-0.05, 0) is 30.4 Å². The molecule has 2 atom stereocenters. The molecule has 0 spiro atoms. The van der Waals surface area contributed by atoms with Crippen molar-refractivity contribution in [1.29, 1.82) is 0 Å². The fourth-order valence-electron chi connectivity index (χ4n) is 4.48. The molecule has 9 heteroatoms.